The number of hydrogen-bond acceptors (Lipinski definition) is 3. The molecular weight excluding hydrogens is 188 g/mol. The summed E-state index contributed by atoms with van der Waals surface area (Å²) in [7, 11) is 0. The van der Waals surface area contributed by atoms with Crippen molar-refractivity contribution in [1.29, 1.82) is 0 Å². The van der Waals surface area contributed by atoms with Gasteiger partial charge in [0, 0.05) is 6.54 Å². The monoisotopic (exact) mass is 214 g/mol. The number of aliphatic hydroxyl groups is 1. The number of nitrogens with one attached hydrogen (secondary N) is 1. The summed E-state index contributed by atoms with van der Waals surface area (Å²) in [6.45, 7) is 10.8. The molecule has 0 heterocycles. The molecule has 0 radical (unpaired) electrons. The Morgan fingerprint density at radius 1 is 1.27 bits per heavy atom. The highest BCUT2D eigenvalue weighted by atomic mass is 16.3. The molecule has 1 saturated carbocycles. The van der Waals surface area contributed by atoms with Crippen LogP contribution in [-0.2, 0) is 0 Å². The van der Waals surface area contributed by atoms with Crippen molar-refractivity contribution >= 4 is 0 Å². The first-order valence-corrected chi connectivity index (χ1v) is 6.30. The standard InChI is InChI=1S/C12H26N2O/c1-4-13-12(10-15,11-7-8-11)9-14(5-2)6-3/h11,13,15H,4-10H2,1-3H3. The molecule has 1 aliphatic rings. The number of rotatable bonds is 8. The summed E-state index contributed by atoms with van der Waals surface area (Å²) in [5, 5.41) is 13.2. The molecular formula is C12H26N2O. The van der Waals surface area contributed by atoms with E-state index in [-0.39, 0.29) is 12.1 Å². The summed E-state index contributed by atoms with van der Waals surface area (Å²) in [5.74, 6) is 0.683. The lowest BCUT2D eigenvalue weighted by Crippen LogP contribution is -2.57. The van der Waals surface area contributed by atoms with Gasteiger partial charge < -0.3 is 15.3 Å². The van der Waals surface area contributed by atoms with Crippen molar-refractivity contribution in [2.75, 3.05) is 32.8 Å². The lowest BCUT2D eigenvalue weighted by atomic mass is 9.93. The van der Waals surface area contributed by atoms with Crippen LogP contribution in [0.5, 0.6) is 0 Å². The van der Waals surface area contributed by atoms with Crippen molar-refractivity contribution in [3.63, 3.8) is 0 Å². The van der Waals surface area contributed by atoms with Crippen LogP contribution in [0.3, 0.4) is 0 Å². The predicted molar refractivity (Wildman–Crippen MR) is 64.0 cm³/mol. The van der Waals surface area contributed by atoms with E-state index >= 15 is 0 Å². The molecule has 1 atom stereocenters. The Bertz CT molecular complexity index is 178. The fourth-order valence-corrected chi connectivity index (χ4v) is 2.40. The fraction of sp³-hybridized carbons (Fsp3) is 1.00. The van der Waals surface area contributed by atoms with Gasteiger partial charge >= 0.3 is 0 Å². The number of nitrogens with zero attached hydrogens (tertiary/aromatic N) is 1. The van der Waals surface area contributed by atoms with Crippen LogP contribution < -0.4 is 5.32 Å². The van der Waals surface area contributed by atoms with Crippen molar-refractivity contribution in [1.82, 2.24) is 10.2 Å². The van der Waals surface area contributed by atoms with Crippen LogP contribution in [0.15, 0.2) is 0 Å². The second kappa shape index (κ2) is 5.83. The summed E-state index contributed by atoms with van der Waals surface area (Å²) in [4.78, 5) is 2.40. The second-order valence-corrected chi connectivity index (χ2v) is 4.58. The van der Waals surface area contributed by atoms with E-state index in [4.69, 9.17) is 0 Å². The van der Waals surface area contributed by atoms with Gasteiger partial charge in [-0.3, -0.25) is 0 Å². The number of aliphatic hydroxyl groups excluding tert-OH is 1. The Hall–Kier alpha value is -0.120. The van der Waals surface area contributed by atoms with Gasteiger partial charge in [-0.15, -0.1) is 0 Å². The van der Waals surface area contributed by atoms with E-state index in [9.17, 15) is 5.11 Å². The minimum atomic E-state index is -0.0409. The topological polar surface area (TPSA) is 35.5 Å². The van der Waals surface area contributed by atoms with Gasteiger partial charge in [-0.25, -0.2) is 0 Å². The van der Waals surface area contributed by atoms with Crippen molar-refractivity contribution in [3.8, 4) is 0 Å². The molecule has 15 heavy (non-hydrogen) atoms. The van der Waals surface area contributed by atoms with Crippen LogP contribution in [0, 0.1) is 5.92 Å². The molecule has 0 spiro atoms. The van der Waals surface area contributed by atoms with Crippen molar-refractivity contribution < 1.29 is 5.11 Å². The minimum Gasteiger partial charge on any atom is -0.394 e. The third-order valence-corrected chi connectivity index (χ3v) is 3.57. The van der Waals surface area contributed by atoms with Crippen LogP contribution in [-0.4, -0.2) is 48.3 Å². The van der Waals surface area contributed by atoms with E-state index in [1.165, 1.54) is 12.8 Å². The van der Waals surface area contributed by atoms with Crippen LogP contribution >= 0.6 is 0 Å². The van der Waals surface area contributed by atoms with Gasteiger partial charge in [0.05, 0.1) is 12.1 Å². The molecule has 3 heteroatoms. The Labute approximate surface area is 93.9 Å². The SMILES string of the molecule is CCNC(CO)(CN(CC)CC)C1CC1. The van der Waals surface area contributed by atoms with Crippen molar-refractivity contribution in [2.24, 2.45) is 5.92 Å². The van der Waals surface area contributed by atoms with Crippen LogP contribution in [0.2, 0.25) is 0 Å². The zero-order valence-electron chi connectivity index (χ0n) is 10.4. The lowest BCUT2D eigenvalue weighted by molar-refractivity contribution is 0.0962. The van der Waals surface area contributed by atoms with E-state index in [1.54, 1.807) is 0 Å². The highest BCUT2D eigenvalue weighted by molar-refractivity contribution is 5.02. The molecule has 0 amide bonds. The summed E-state index contributed by atoms with van der Waals surface area (Å²) in [5.41, 5.74) is -0.0409. The van der Waals surface area contributed by atoms with Gasteiger partial charge in [-0.2, -0.15) is 0 Å². The highest BCUT2D eigenvalue weighted by Crippen LogP contribution is 2.40. The van der Waals surface area contributed by atoms with Crippen molar-refractivity contribution in [3.05, 3.63) is 0 Å². The van der Waals surface area contributed by atoms with E-state index in [0.29, 0.717) is 5.92 Å². The van der Waals surface area contributed by atoms with E-state index < -0.39 is 0 Å². The number of likely N-dealkylation sites (N-methyl/N-ethyl adjacent to an activating group) is 2. The minimum absolute atomic E-state index is 0.0409. The molecule has 0 saturated heterocycles. The third-order valence-electron chi connectivity index (χ3n) is 3.57. The maximum atomic E-state index is 9.67. The molecule has 2 N–H and O–H groups in total. The Kier molecular flexibility index (Phi) is 5.03. The van der Waals surface area contributed by atoms with E-state index in [0.717, 1.165) is 26.2 Å². The van der Waals surface area contributed by atoms with Crippen LogP contribution in [0.25, 0.3) is 0 Å². The summed E-state index contributed by atoms with van der Waals surface area (Å²) < 4.78 is 0. The molecule has 0 bridgehead atoms. The predicted octanol–water partition coefficient (Wildman–Crippen LogP) is 1.08. The molecule has 1 rings (SSSR count). The fourth-order valence-electron chi connectivity index (χ4n) is 2.40. The molecule has 3 nitrogen and oxygen atoms in total. The highest BCUT2D eigenvalue weighted by Gasteiger charge is 2.44. The zero-order valence-corrected chi connectivity index (χ0v) is 10.4. The van der Waals surface area contributed by atoms with Gasteiger partial charge in [-0.1, -0.05) is 20.8 Å². The Morgan fingerprint density at radius 3 is 2.20 bits per heavy atom. The molecule has 0 aromatic rings. The quantitative estimate of drug-likeness (QED) is 0.634. The first-order chi connectivity index (χ1) is 7.22. The second-order valence-electron chi connectivity index (χ2n) is 4.58. The molecule has 90 valence electrons. The van der Waals surface area contributed by atoms with Gasteiger partial charge in [0.1, 0.15) is 0 Å². The first-order valence-electron chi connectivity index (χ1n) is 6.30. The Balaban J connectivity index is 2.60. The summed E-state index contributed by atoms with van der Waals surface area (Å²) in [6.07, 6.45) is 2.55. The van der Waals surface area contributed by atoms with Gasteiger partial charge in [0.2, 0.25) is 0 Å². The average Bonchev–Trinajstić information content (AvgIpc) is 3.08. The summed E-state index contributed by atoms with van der Waals surface area (Å²) >= 11 is 0. The molecule has 0 aliphatic heterocycles. The molecule has 1 aliphatic carbocycles. The summed E-state index contributed by atoms with van der Waals surface area (Å²) in [6, 6.07) is 0. The van der Waals surface area contributed by atoms with Gasteiger partial charge in [0.25, 0.3) is 0 Å². The Morgan fingerprint density at radius 2 is 1.87 bits per heavy atom. The molecule has 0 aromatic carbocycles. The van der Waals surface area contributed by atoms with Gasteiger partial charge in [-0.05, 0) is 38.4 Å². The van der Waals surface area contributed by atoms with Gasteiger partial charge in [0.15, 0.2) is 0 Å². The van der Waals surface area contributed by atoms with Crippen LogP contribution in [0.1, 0.15) is 33.6 Å². The molecule has 1 unspecified atom stereocenters. The maximum Gasteiger partial charge on any atom is 0.0628 e. The van der Waals surface area contributed by atoms with E-state index in [1.807, 2.05) is 0 Å². The number of hydrogen-bond donors (Lipinski definition) is 2. The largest absolute Gasteiger partial charge is 0.394 e. The third kappa shape index (κ3) is 3.16. The lowest BCUT2D eigenvalue weighted by Gasteiger charge is -2.37. The smallest absolute Gasteiger partial charge is 0.0628 e. The molecule has 1 fully saturated rings. The maximum absolute atomic E-state index is 9.67. The zero-order chi connectivity index (χ0) is 11.3. The normalized spacial score (nSPS) is 20.6. The average molecular weight is 214 g/mol. The van der Waals surface area contributed by atoms with Crippen LogP contribution in [0.4, 0.5) is 0 Å². The molecule has 0 aromatic heterocycles. The van der Waals surface area contributed by atoms with E-state index in [2.05, 4.69) is 31.0 Å². The first kappa shape index (κ1) is 12.9. The van der Waals surface area contributed by atoms with Crippen molar-refractivity contribution in [2.45, 2.75) is 39.2 Å².